The van der Waals surface area contributed by atoms with Gasteiger partial charge in [-0.2, -0.15) is 10.1 Å². The van der Waals surface area contributed by atoms with Gasteiger partial charge in [-0.15, -0.1) is 0 Å². The van der Waals surface area contributed by atoms with E-state index in [0.717, 1.165) is 29.9 Å². The van der Waals surface area contributed by atoms with Crippen LogP contribution in [-0.4, -0.2) is 23.7 Å². The van der Waals surface area contributed by atoms with E-state index in [1.54, 1.807) is 0 Å². The van der Waals surface area contributed by atoms with Gasteiger partial charge in [-0.05, 0) is 81.5 Å². The zero-order valence-corrected chi connectivity index (χ0v) is 17.9. The lowest BCUT2D eigenvalue weighted by Gasteiger charge is -2.47. The molecule has 0 aliphatic carbocycles. The van der Waals surface area contributed by atoms with E-state index in [1.807, 2.05) is 43.3 Å². The molecule has 0 radical (unpaired) electrons. The summed E-state index contributed by atoms with van der Waals surface area (Å²) in [6.07, 6.45) is 3.10. The minimum atomic E-state index is -0.0733. The molecule has 0 aromatic heterocycles. The molecule has 4 heteroatoms. The highest BCUT2D eigenvalue weighted by Gasteiger charge is 2.35. The molecule has 0 spiro atoms. The molecular weight excluding hydrogens is 358 g/mol. The van der Waals surface area contributed by atoms with Crippen LogP contribution in [0.5, 0.6) is 0 Å². The summed E-state index contributed by atoms with van der Waals surface area (Å²) < 4.78 is 0. The minimum absolute atomic E-state index is 0.0733. The van der Waals surface area contributed by atoms with Crippen molar-refractivity contribution in [3.63, 3.8) is 0 Å². The Morgan fingerprint density at radius 1 is 1.17 bits per heavy atom. The molecule has 1 atom stereocenters. The standard InChI is InChI=1S/C25H29N3O/c1-6-27-23-13-12-19(14-21(23)17(2)16-25(27,4)5)15-22-18(3)26-28(24(22)29)20-10-8-7-9-11-20/h7-15,17H,6,16H2,1-5H3/b22-15+. The molecule has 150 valence electrons. The van der Waals surface area contributed by atoms with E-state index in [4.69, 9.17) is 0 Å². The molecule has 0 saturated carbocycles. The van der Waals surface area contributed by atoms with Crippen LogP contribution in [0.25, 0.3) is 6.08 Å². The molecule has 1 unspecified atom stereocenters. The van der Waals surface area contributed by atoms with Crippen molar-refractivity contribution in [2.75, 3.05) is 16.5 Å². The van der Waals surface area contributed by atoms with Crippen LogP contribution in [0.2, 0.25) is 0 Å². The molecule has 2 aromatic carbocycles. The number of nitrogens with zero attached hydrogens (tertiary/aromatic N) is 3. The monoisotopic (exact) mass is 387 g/mol. The number of hydrogen-bond donors (Lipinski definition) is 0. The van der Waals surface area contributed by atoms with Crippen LogP contribution in [-0.2, 0) is 4.79 Å². The fourth-order valence-corrected chi connectivity index (χ4v) is 4.79. The van der Waals surface area contributed by atoms with Crippen molar-refractivity contribution in [2.45, 2.75) is 52.5 Å². The molecule has 29 heavy (non-hydrogen) atoms. The normalized spacial score (nSPS) is 22.1. The highest BCUT2D eigenvalue weighted by atomic mass is 16.2. The molecular formula is C25H29N3O. The van der Waals surface area contributed by atoms with Gasteiger partial charge in [-0.3, -0.25) is 4.79 Å². The first-order valence-electron chi connectivity index (χ1n) is 10.4. The number of carbonyl (C=O) groups is 1. The van der Waals surface area contributed by atoms with Crippen LogP contribution >= 0.6 is 0 Å². The van der Waals surface area contributed by atoms with Gasteiger partial charge in [0.1, 0.15) is 0 Å². The number of benzene rings is 2. The summed E-state index contributed by atoms with van der Waals surface area (Å²) in [6.45, 7) is 12.0. The maximum absolute atomic E-state index is 13.0. The Hall–Kier alpha value is -2.88. The van der Waals surface area contributed by atoms with Gasteiger partial charge >= 0.3 is 0 Å². The van der Waals surface area contributed by atoms with Crippen molar-refractivity contribution in [3.8, 4) is 0 Å². The van der Waals surface area contributed by atoms with E-state index in [2.05, 4.69) is 55.9 Å². The molecule has 2 aliphatic heterocycles. The second-order valence-corrected chi connectivity index (χ2v) is 8.68. The maximum atomic E-state index is 13.0. The van der Waals surface area contributed by atoms with Gasteiger partial charge in [0.15, 0.2) is 0 Å². The topological polar surface area (TPSA) is 35.9 Å². The maximum Gasteiger partial charge on any atom is 0.280 e. The quantitative estimate of drug-likeness (QED) is 0.642. The number of para-hydroxylation sites is 1. The van der Waals surface area contributed by atoms with Gasteiger partial charge in [0.2, 0.25) is 0 Å². The minimum Gasteiger partial charge on any atom is -0.366 e. The summed E-state index contributed by atoms with van der Waals surface area (Å²) in [4.78, 5) is 15.5. The van der Waals surface area contributed by atoms with E-state index in [0.29, 0.717) is 11.5 Å². The Bertz CT molecular complexity index is 1000. The number of fused-ring (bicyclic) bond motifs is 1. The van der Waals surface area contributed by atoms with Crippen LogP contribution in [0, 0.1) is 0 Å². The second kappa shape index (κ2) is 7.18. The molecule has 0 fully saturated rings. The number of hydrogen-bond acceptors (Lipinski definition) is 3. The van der Waals surface area contributed by atoms with Crippen molar-refractivity contribution < 1.29 is 4.79 Å². The molecule has 4 nitrogen and oxygen atoms in total. The number of carbonyl (C=O) groups excluding carboxylic acids is 1. The molecule has 2 aromatic rings. The average Bonchev–Trinajstić information content (AvgIpc) is 2.97. The lowest BCUT2D eigenvalue weighted by atomic mass is 9.79. The zero-order chi connectivity index (χ0) is 20.8. The van der Waals surface area contributed by atoms with Gasteiger partial charge in [-0.25, -0.2) is 0 Å². The predicted octanol–water partition coefficient (Wildman–Crippen LogP) is 5.60. The second-order valence-electron chi connectivity index (χ2n) is 8.68. The number of amides is 1. The van der Waals surface area contributed by atoms with Gasteiger partial charge in [0.05, 0.1) is 17.0 Å². The number of anilines is 2. The Kier molecular flexibility index (Phi) is 4.81. The van der Waals surface area contributed by atoms with Crippen LogP contribution in [0.3, 0.4) is 0 Å². The Morgan fingerprint density at radius 3 is 2.59 bits per heavy atom. The third-order valence-electron chi connectivity index (χ3n) is 6.10. The lowest BCUT2D eigenvalue weighted by Crippen LogP contribution is -2.48. The van der Waals surface area contributed by atoms with Crippen LogP contribution in [0.4, 0.5) is 11.4 Å². The van der Waals surface area contributed by atoms with E-state index >= 15 is 0 Å². The largest absolute Gasteiger partial charge is 0.366 e. The van der Waals surface area contributed by atoms with Crippen molar-refractivity contribution >= 4 is 29.1 Å². The van der Waals surface area contributed by atoms with Crippen molar-refractivity contribution in [3.05, 3.63) is 65.2 Å². The number of hydrazone groups is 1. The Labute approximate surface area is 173 Å². The first-order chi connectivity index (χ1) is 13.8. The third kappa shape index (κ3) is 3.37. The fourth-order valence-electron chi connectivity index (χ4n) is 4.79. The van der Waals surface area contributed by atoms with Gasteiger partial charge in [0.25, 0.3) is 5.91 Å². The summed E-state index contributed by atoms with van der Waals surface area (Å²) in [5.74, 6) is 0.409. The van der Waals surface area contributed by atoms with Gasteiger partial charge in [0, 0.05) is 17.8 Å². The van der Waals surface area contributed by atoms with Crippen LogP contribution in [0.1, 0.15) is 58.1 Å². The van der Waals surface area contributed by atoms with E-state index in [1.165, 1.54) is 16.3 Å². The molecule has 0 bridgehead atoms. The smallest absolute Gasteiger partial charge is 0.280 e. The van der Waals surface area contributed by atoms with Crippen LogP contribution in [0.15, 0.2) is 59.2 Å². The van der Waals surface area contributed by atoms with Crippen LogP contribution < -0.4 is 9.91 Å². The lowest BCUT2D eigenvalue weighted by molar-refractivity contribution is -0.114. The van der Waals surface area contributed by atoms with E-state index in [9.17, 15) is 4.79 Å². The molecule has 2 heterocycles. The van der Waals surface area contributed by atoms with E-state index in [-0.39, 0.29) is 11.4 Å². The zero-order valence-electron chi connectivity index (χ0n) is 17.9. The first-order valence-corrected chi connectivity index (χ1v) is 10.4. The summed E-state index contributed by atoms with van der Waals surface area (Å²) in [6, 6.07) is 16.2. The summed E-state index contributed by atoms with van der Waals surface area (Å²) in [7, 11) is 0. The van der Waals surface area contributed by atoms with Gasteiger partial charge in [-0.1, -0.05) is 31.2 Å². The first kappa shape index (κ1) is 19.4. The third-order valence-corrected chi connectivity index (χ3v) is 6.10. The molecule has 1 amide bonds. The number of rotatable bonds is 3. The summed E-state index contributed by atoms with van der Waals surface area (Å²) >= 11 is 0. The van der Waals surface area contributed by atoms with Crippen molar-refractivity contribution in [2.24, 2.45) is 5.10 Å². The summed E-state index contributed by atoms with van der Waals surface area (Å²) in [5, 5.41) is 5.98. The molecule has 0 saturated heterocycles. The molecule has 2 aliphatic rings. The van der Waals surface area contributed by atoms with Gasteiger partial charge < -0.3 is 4.90 Å². The van der Waals surface area contributed by atoms with Crippen molar-refractivity contribution in [1.29, 1.82) is 0 Å². The Balaban J connectivity index is 1.69. The highest BCUT2D eigenvalue weighted by molar-refractivity contribution is 6.32. The highest BCUT2D eigenvalue weighted by Crippen LogP contribution is 2.43. The fraction of sp³-hybridized carbons (Fsp3) is 0.360. The summed E-state index contributed by atoms with van der Waals surface area (Å²) in [5.41, 5.74) is 6.08. The Morgan fingerprint density at radius 2 is 1.90 bits per heavy atom. The van der Waals surface area contributed by atoms with E-state index < -0.39 is 0 Å². The SMILES string of the molecule is CCN1c2ccc(/C=C3/C(=O)N(c4ccccc4)N=C3C)cc2C(C)CC1(C)C. The molecule has 4 rings (SSSR count). The average molecular weight is 388 g/mol. The van der Waals surface area contributed by atoms with Crippen molar-refractivity contribution in [1.82, 2.24) is 0 Å². The molecule has 0 N–H and O–H groups in total. The predicted molar refractivity (Wildman–Crippen MR) is 122 cm³/mol.